The highest BCUT2D eigenvalue weighted by molar-refractivity contribution is 8.00. The molecule has 1 unspecified atom stereocenters. The van der Waals surface area contributed by atoms with Crippen molar-refractivity contribution in [1.29, 1.82) is 0 Å². The van der Waals surface area contributed by atoms with Gasteiger partial charge in [-0.2, -0.15) is 0 Å². The van der Waals surface area contributed by atoms with Crippen molar-refractivity contribution in [3.8, 4) is 5.75 Å². The maximum Gasteiger partial charge on any atom is 0.119 e. The van der Waals surface area contributed by atoms with Gasteiger partial charge in [-0.25, -0.2) is 0 Å². The van der Waals surface area contributed by atoms with Gasteiger partial charge in [-0.1, -0.05) is 13.0 Å². The minimum absolute atomic E-state index is 0.604. The van der Waals surface area contributed by atoms with Crippen LogP contribution in [-0.2, 0) is 0 Å². The largest absolute Gasteiger partial charge is 0.497 e. The quantitative estimate of drug-likeness (QED) is 0.769. The molecule has 1 aromatic carbocycles. The molecule has 1 aromatic rings. The van der Waals surface area contributed by atoms with Crippen LogP contribution in [0, 0.1) is 0 Å². The molecule has 3 heteroatoms. The van der Waals surface area contributed by atoms with Crippen molar-refractivity contribution in [1.82, 2.24) is 5.32 Å². The third-order valence-corrected chi connectivity index (χ3v) is 3.74. The number of hydrogen-bond donors (Lipinski definition) is 1. The van der Waals surface area contributed by atoms with Crippen LogP contribution in [0.15, 0.2) is 29.2 Å². The SMILES string of the molecule is COc1cccc(SC(C)CNC2CC2)c1. The molecule has 2 nitrogen and oxygen atoms in total. The van der Waals surface area contributed by atoms with Crippen LogP contribution in [0.5, 0.6) is 5.75 Å². The second-order valence-electron chi connectivity index (χ2n) is 4.29. The molecule has 1 atom stereocenters. The summed E-state index contributed by atoms with van der Waals surface area (Å²) in [7, 11) is 1.71. The van der Waals surface area contributed by atoms with E-state index in [0.29, 0.717) is 5.25 Å². The first-order valence-electron chi connectivity index (χ1n) is 5.82. The molecule has 0 bridgehead atoms. The van der Waals surface area contributed by atoms with Gasteiger partial charge in [-0.05, 0) is 31.0 Å². The number of thioether (sulfide) groups is 1. The highest BCUT2D eigenvalue weighted by Crippen LogP contribution is 2.27. The van der Waals surface area contributed by atoms with Gasteiger partial charge in [0.15, 0.2) is 0 Å². The summed E-state index contributed by atoms with van der Waals surface area (Å²) in [6.45, 7) is 3.35. The smallest absolute Gasteiger partial charge is 0.119 e. The Morgan fingerprint density at radius 1 is 1.50 bits per heavy atom. The van der Waals surface area contributed by atoms with Crippen LogP contribution in [0.4, 0.5) is 0 Å². The van der Waals surface area contributed by atoms with E-state index in [1.165, 1.54) is 17.7 Å². The fraction of sp³-hybridized carbons (Fsp3) is 0.538. The van der Waals surface area contributed by atoms with Crippen LogP contribution in [0.25, 0.3) is 0 Å². The van der Waals surface area contributed by atoms with E-state index in [4.69, 9.17) is 4.74 Å². The lowest BCUT2D eigenvalue weighted by atomic mass is 10.3. The van der Waals surface area contributed by atoms with Crippen molar-refractivity contribution in [3.05, 3.63) is 24.3 Å². The molecule has 0 amide bonds. The van der Waals surface area contributed by atoms with Crippen LogP contribution in [-0.4, -0.2) is 24.9 Å². The third kappa shape index (κ3) is 3.72. The van der Waals surface area contributed by atoms with E-state index >= 15 is 0 Å². The number of benzene rings is 1. The van der Waals surface area contributed by atoms with E-state index < -0.39 is 0 Å². The van der Waals surface area contributed by atoms with E-state index in [1.54, 1.807) is 7.11 Å². The van der Waals surface area contributed by atoms with E-state index in [1.807, 2.05) is 23.9 Å². The third-order valence-electron chi connectivity index (χ3n) is 2.65. The lowest BCUT2D eigenvalue weighted by molar-refractivity contribution is 0.413. The number of nitrogens with one attached hydrogen (secondary N) is 1. The molecule has 0 radical (unpaired) electrons. The Kier molecular flexibility index (Phi) is 4.13. The summed E-state index contributed by atoms with van der Waals surface area (Å²) in [4.78, 5) is 1.28. The molecule has 1 aliphatic rings. The lowest BCUT2D eigenvalue weighted by Gasteiger charge is -2.12. The monoisotopic (exact) mass is 237 g/mol. The minimum atomic E-state index is 0.604. The maximum atomic E-state index is 5.22. The molecule has 88 valence electrons. The van der Waals surface area contributed by atoms with Gasteiger partial charge in [0.1, 0.15) is 5.75 Å². The first kappa shape index (κ1) is 11.8. The minimum Gasteiger partial charge on any atom is -0.497 e. The molecule has 1 N–H and O–H groups in total. The number of hydrogen-bond acceptors (Lipinski definition) is 3. The van der Waals surface area contributed by atoms with Gasteiger partial charge in [0.05, 0.1) is 7.11 Å². The van der Waals surface area contributed by atoms with Gasteiger partial charge in [0.2, 0.25) is 0 Å². The Morgan fingerprint density at radius 3 is 3.00 bits per heavy atom. The van der Waals surface area contributed by atoms with Crippen LogP contribution in [0.2, 0.25) is 0 Å². The second-order valence-corrected chi connectivity index (χ2v) is 5.80. The molecule has 1 saturated carbocycles. The van der Waals surface area contributed by atoms with Crippen molar-refractivity contribution >= 4 is 11.8 Å². The summed E-state index contributed by atoms with van der Waals surface area (Å²) in [5.41, 5.74) is 0. The molecule has 1 fully saturated rings. The highest BCUT2D eigenvalue weighted by atomic mass is 32.2. The zero-order valence-corrected chi connectivity index (χ0v) is 10.7. The average molecular weight is 237 g/mol. The van der Waals surface area contributed by atoms with E-state index in [2.05, 4.69) is 24.4 Å². The molecule has 0 heterocycles. The van der Waals surface area contributed by atoms with E-state index in [9.17, 15) is 0 Å². The Bertz CT molecular complexity index is 338. The van der Waals surface area contributed by atoms with Crippen molar-refractivity contribution in [2.24, 2.45) is 0 Å². The van der Waals surface area contributed by atoms with Crippen molar-refractivity contribution < 1.29 is 4.74 Å². The van der Waals surface area contributed by atoms with Crippen molar-refractivity contribution in [2.75, 3.05) is 13.7 Å². The normalized spacial score (nSPS) is 17.1. The zero-order chi connectivity index (χ0) is 11.4. The molecular weight excluding hydrogens is 218 g/mol. The predicted molar refractivity (Wildman–Crippen MR) is 69.3 cm³/mol. The Labute approximate surface area is 102 Å². The topological polar surface area (TPSA) is 21.3 Å². The summed E-state index contributed by atoms with van der Waals surface area (Å²) in [5.74, 6) is 0.937. The van der Waals surface area contributed by atoms with Crippen LogP contribution in [0.1, 0.15) is 19.8 Å². The molecule has 2 rings (SSSR count). The molecule has 0 aromatic heterocycles. The van der Waals surface area contributed by atoms with Gasteiger partial charge < -0.3 is 10.1 Å². The first-order valence-corrected chi connectivity index (χ1v) is 6.70. The second kappa shape index (κ2) is 5.60. The van der Waals surface area contributed by atoms with Crippen molar-refractivity contribution in [2.45, 2.75) is 36.0 Å². The van der Waals surface area contributed by atoms with Gasteiger partial charge in [0, 0.05) is 22.7 Å². The van der Waals surface area contributed by atoms with Crippen molar-refractivity contribution in [3.63, 3.8) is 0 Å². The van der Waals surface area contributed by atoms with Crippen LogP contribution < -0.4 is 10.1 Å². The summed E-state index contributed by atoms with van der Waals surface area (Å²) >= 11 is 1.90. The Balaban J connectivity index is 1.81. The fourth-order valence-electron chi connectivity index (χ4n) is 1.57. The van der Waals surface area contributed by atoms with Gasteiger partial charge in [0.25, 0.3) is 0 Å². The molecule has 0 spiro atoms. The Hall–Kier alpha value is -0.670. The number of rotatable bonds is 6. The maximum absolute atomic E-state index is 5.22. The molecular formula is C13H19NOS. The molecule has 16 heavy (non-hydrogen) atoms. The molecule has 0 saturated heterocycles. The summed E-state index contributed by atoms with van der Waals surface area (Å²) in [6, 6.07) is 9.06. The van der Waals surface area contributed by atoms with Crippen LogP contribution >= 0.6 is 11.8 Å². The highest BCUT2D eigenvalue weighted by Gasteiger charge is 2.20. The number of ether oxygens (including phenoxy) is 1. The average Bonchev–Trinajstić information content (AvgIpc) is 3.10. The van der Waals surface area contributed by atoms with Gasteiger partial charge in [-0.3, -0.25) is 0 Å². The summed E-state index contributed by atoms with van der Waals surface area (Å²) in [5, 5.41) is 4.16. The molecule has 0 aliphatic heterocycles. The lowest BCUT2D eigenvalue weighted by Crippen LogP contribution is -2.24. The van der Waals surface area contributed by atoms with Crippen LogP contribution in [0.3, 0.4) is 0 Å². The first-order chi connectivity index (χ1) is 7.78. The Morgan fingerprint density at radius 2 is 2.31 bits per heavy atom. The van der Waals surface area contributed by atoms with E-state index in [0.717, 1.165) is 18.3 Å². The summed E-state index contributed by atoms with van der Waals surface area (Å²) in [6.07, 6.45) is 2.72. The fourth-order valence-corrected chi connectivity index (χ4v) is 2.55. The van der Waals surface area contributed by atoms with Gasteiger partial charge >= 0.3 is 0 Å². The molecule has 1 aliphatic carbocycles. The summed E-state index contributed by atoms with van der Waals surface area (Å²) < 4.78 is 5.22. The van der Waals surface area contributed by atoms with E-state index in [-0.39, 0.29) is 0 Å². The number of methoxy groups -OCH3 is 1. The zero-order valence-electron chi connectivity index (χ0n) is 9.90. The predicted octanol–water partition coefficient (Wildman–Crippen LogP) is 2.93. The standard InChI is InChI=1S/C13H19NOS/c1-10(9-14-11-6-7-11)16-13-5-3-4-12(8-13)15-2/h3-5,8,10-11,14H,6-7,9H2,1-2H3. The van der Waals surface area contributed by atoms with Gasteiger partial charge in [-0.15, -0.1) is 11.8 Å².